The van der Waals surface area contributed by atoms with Crippen LogP contribution in [0.25, 0.3) is 0 Å². The van der Waals surface area contributed by atoms with Crippen LogP contribution in [0.2, 0.25) is 0 Å². The Kier molecular flexibility index (Phi) is 4.20. The molecule has 1 aliphatic rings. The molecule has 0 aliphatic carbocycles. The largest absolute Gasteiger partial charge is 0.481 e. The molecule has 4 heteroatoms. The molecule has 1 aromatic carbocycles. The lowest BCUT2D eigenvalue weighted by atomic mass is 9.90. The molecule has 1 fully saturated rings. The Labute approximate surface area is 108 Å². The number of carbonyl (C=O) groups excluding carboxylic acids is 1. The summed E-state index contributed by atoms with van der Waals surface area (Å²) >= 11 is 0. The molecule has 3 N–H and O–H groups in total. The Morgan fingerprint density at radius 3 is 2.50 bits per heavy atom. The average molecular weight is 248 g/mol. The van der Waals surface area contributed by atoms with Crippen LogP contribution in [-0.4, -0.2) is 25.1 Å². The molecule has 4 nitrogen and oxygen atoms in total. The molecule has 98 valence electrons. The molecule has 2 rings (SSSR count). The first kappa shape index (κ1) is 12.9. The zero-order valence-corrected chi connectivity index (χ0v) is 10.7. The summed E-state index contributed by atoms with van der Waals surface area (Å²) in [6.07, 6.45) is 1.77. The number of nitrogens with one attached hydrogen (secondary N) is 1. The fourth-order valence-corrected chi connectivity index (χ4v) is 2.24. The van der Waals surface area contributed by atoms with Crippen molar-refractivity contribution in [2.75, 3.05) is 13.1 Å². The summed E-state index contributed by atoms with van der Waals surface area (Å²) in [5, 5.41) is 3.36. The van der Waals surface area contributed by atoms with Crippen molar-refractivity contribution >= 4 is 5.91 Å². The van der Waals surface area contributed by atoms with Crippen LogP contribution >= 0.6 is 0 Å². The van der Waals surface area contributed by atoms with E-state index < -0.39 is 12.0 Å². The molecule has 18 heavy (non-hydrogen) atoms. The van der Waals surface area contributed by atoms with E-state index in [4.69, 9.17) is 10.5 Å². The maximum absolute atomic E-state index is 10.9. The van der Waals surface area contributed by atoms with Crippen molar-refractivity contribution in [1.82, 2.24) is 5.32 Å². The smallest absolute Gasteiger partial charge is 0.258 e. The number of rotatable bonds is 4. The van der Waals surface area contributed by atoms with E-state index in [1.54, 1.807) is 6.92 Å². The van der Waals surface area contributed by atoms with Gasteiger partial charge in [0.2, 0.25) is 0 Å². The summed E-state index contributed by atoms with van der Waals surface area (Å²) in [7, 11) is 0. The van der Waals surface area contributed by atoms with Crippen molar-refractivity contribution in [3.8, 4) is 5.75 Å². The van der Waals surface area contributed by atoms with Gasteiger partial charge in [0.1, 0.15) is 5.75 Å². The molecule has 1 amide bonds. The number of benzene rings is 1. The molecule has 1 saturated heterocycles. The summed E-state index contributed by atoms with van der Waals surface area (Å²) < 4.78 is 5.43. The van der Waals surface area contributed by atoms with Crippen molar-refractivity contribution in [2.24, 2.45) is 5.73 Å². The van der Waals surface area contributed by atoms with E-state index in [-0.39, 0.29) is 0 Å². The predicted octanol–water partition coefficient (Wildman–Crippen LogP) is 1.41. The number of ether oxygens (including phenoxy) is 1. The first-order valence-corrected chi connectivity index (χ1v) is 6.43. The highest BCUT2D eigenvalue weighted by Crippen LogP contribution is 2.26. The van der Waals surface area contributed by atoms with Crippen molar-refractivity contribution in [2.45, 2.75) is 31.8 Å². The fourth-order valence-electron chi connectivity index (χ4n) is 2.24. The van der Waals surface area contributed by atoms with Gasteiger partial charge in [0, 0.05) is 0 Å². The van der Waals surface area contributed by atoms with Crippen LogP contribution in [0.4, 0.5) is 0 Å². The average Bonchev–Trinajstić information content (AvgIpc) is 2.40. The van der Waals surface area contributed by atoms with Crippen molar-refractivity contribution in [3.63, 3.8) is 0 Å². The van der Waals surface area contributed by atoms with Crippen molar-refractivity contribution < 1.29 is 9.53 Å². The summed E-state index contributed by atoms with van der Waals surface area (Å²) in [5.74, 6) is 0.880. The van der Waals surface area contributed by atoms with Gasteiger partial charge in [-0.1, -0.05) is 12.1 Å². The van der Waals surface area contributed by atoms with Crippen LogP contribution in [0.1, 0.15) is 31.2 Å². The second-order valence-corrected chi connectivity index (χ2v) is 4.76. The van der Waals surface area contributed by atoms with Crippen LogP contribution in [0.15, 0.2) is 24.3 Å². The van der Waals surface area contributed by atoms with Gasteiger partial charge in [-0.25, -0.2) is 0 Å². The van der Waals surface area contributed by atoms with Gasteiger partial charge in [0.25, 0.3) is 5.91 Å². The standard InChI is InChI=1S/C14H20N2O2/c1-10(14(15)17)18-13-4-2-11(3-5-13)12-6-8-16-9-7-12/h2-5,10,12,16H,6-9H2,1H3,(H2,15,17). The molecule has 1 unspecified atom stereocenters. The Bertz CT molecular complexity index is 397. The van der Waals surface area contributed by atoms with Gasteiger partial charge in [0.15, 0.2) is 6.10 Å². The van der Waals surface area contributed by atoms with Crippen LogP contribution in [0.5, 0.6) is 5.75 Å². The quantitative estimate of drug-likeness (QED) is 0.846. The predicted molar refractivity (Wildman–Crippen MR) is 70.6 cm³/mol. The maximum atomic E-state index is 10.9. The number of carbonyl (C=O) groups is 1. The first-order valence-electron chi connectivity index (χ1n) is 6.43. The van der Waals surface area contributed by atoms with Crippen LogP contribution in [-0.2, 0) is 4.79 Å². The Morgan fingerprint density at radius 1 is 1.33 bits per heavy atom. The monoisotopic (exact) mass is 248 g/mol. The third-order valence-electron chi connectivity index (χ3n) is 3.40. The normalized spacial score (nSPS) is 18.3. The zero-order valence-electron chi connectivity index (χ0n) is 10.7. The van der Waals surface area contributed by atoms with Crippen LogP contribution < -0.4 is 15.8 Å². The van der Waals surface area contributed by atoms with E-state index in [9.17, 15) is 4.79 Å². The lowest BCUT2D eigenvalue weighted by molar-refractivity contribution is -0.123. The molecule has 0 aromatic heterocycles. The van der Waals surface area contributed by atoms with Gasteiger partial charge in [-0.2, -0.15) is 0 Å². The van der Waals surface area contributed by atoms with E-state index in [1.807, 2.05) is 12.1 Å². The number of primary amides is 1. The summed E-state index contributed by atoms with van der Waals surface area (Å²) in [4.78, 5) is 10.9. The Hall–Kier alpha value is -1.55. The topological polar surface area (TPSA) is 64.3 Å². The minimum atomic E-state index is -0.588. The molecule has 0 spiro atoms. The molecular formula is C14H20N2O2. The minimum Gasteiger partial charge on any atom is -0.481 e. The number of amides is 1. The van der Waals surface area contributed by atoms with Gasteiger partial charge in [-0.3, -0.25) is 4.79 Å². The SMILES string of the molecule is CC(Oc1ccc(C2CCNCC2)cc1)C(N)=O. The molecule has 1 heterocycles. The van der Waals surface area contributed by atoms with E-state index in [1.165, 1.54) is 18.4 Å². The number of nitrogens with two attached hydrogens (primary N) is 1. The third kappa shape index (κ3) is 3.23. The first-order chi connectivity index (χ1) is 8.66. The maximum Gasteiger partial charge on any atom is 0.258 e. The molecule has 1 atom stereocenters. The van der Waals surface area contributed by atoms with Gasteiger partial charge >= 0.3 is 0 Å². The molecule has 0 saturated carbocycles. The highest BCUT2D eigenvalue weighted by Gasteiger charge is 2.15. The summed E-state index contributed by atoms with van der Waals surface area (Å²) in [6.45, 7) is 3.83. The van der Waals surface area contributed by atoms with Gasteiger partial charge in [-0.15, -0.1) is 0 Å². The lowest BCUT2D eigenvalue weighted by Crippen LogP contribution is -2.30. The van der Waals surface area contributed by atoms with Gasteiger partial charge in [-0.05, 0) is 56.5 Å². The minimum absolute atomic E-state index is 0.447. The highest BCUT2D eigenvalue weighted by molar-refractivity contribution is 5.78. The summed E-state index contributed by atoms with van der Waals surface area (Å²) in [6, 6.07) is 7.99. The number of piperidine rings is 1. The molecule has 0 radical (unpaired) electrons. The van der Waals surface area contributed by atoms with Crippen LogP contribution in [0.3, 0.4) is 0 Å². The van der Waals surface area contributed by atoms with E-state index >= 15 is 0 Å². The number of hydrogen-bond donors (Lipinski definition) is 2. The molecule has 0 bridgehead atoms. The highest BCUT2D eigenvalue weighted by atomic mass is 16.5. The second kappa shape index (κ2) is 5.87. The van der Waals surface area contributed by atoms with Gasteiger partial charge in [0.05, 0.1) is 0 Å². The van der Waals surface area contributed by atoms with Crippen molar-refractivity contribution in [1.29, 1.82) is 0 Å². The zero-order chi connectivity index (χ0) is 13.0. The van der Waals surface area contributed by atoms with Crippen LogP contribution in [0, 0.1) is 0 Å². The molecular weight excluding hydrogens is 228 g/mol. The summed E-state index contributed by atoms with van der Waals surface area (Å²) in [5.41, 5.74) is 6.50. The lowest BCUT2D eigenvalue weighted by Gasteiger charge is -2.23. The third-order valence-corrected chi connectivity index (χ3v) is 3.40. The van der Waals surface area contributed by atoms with E-state index in [0.29, 0.717) is 11.7 Å². The second-order valence-electron chi connectivity index (χ2n) is 4.76. The molecule has 1 aliphatic heterocycles. The van der Waals surface area contributed by atoms with E-state index in [2.05, 4.69) is 17.4 Å². The van der Waals surface area contributed by atoms with Gasteiger partial charge < -0.3 is 15.8 Å². The fraction of sp³-hybridized carbons (Fsp3) is 0.500. The number of hydrogen-bond acceptors (Lipinski definition) is 3. The Balaban J connectivity index is 1.98. The molecule has 1 aromatic rings. The van der Waals surface area contributed by atoms with Crippen molar-refractivity contribution in [3.05, 3.63) is 29.8 Å². The Morgan fingerprint density at radius 2 is 1.94 bits per heavy atom. The van der Waals surface area contributed by atoms with E-state index in [0.717, 1.165) is 13.1 Å².